The van der Waals surface area contributed by atoms with Crippen molar-refractivity contribution >= 4 is 0 Å². The van der Waals surface area contributed by atoms with Crippen molar-refractivity contribution in [1.82, 2.24) is 15.0 Å². The van der Waals surface area contributed by atoms with Crippen molar-refractivity contribution in [2.24, 2.45) is 0 Å². The topological polar surface area (TPSA) is 54.5 Å². The van der Waals surface area contributed by atoms with Crippen LogP contribution in [0.2, 0.25) is 0 Å². The van der Waals surface area contributed by atoms with E-state index in [-0.39, 0.29) is 12.1 Å². The van der Waals surface area contributed by atoms with Gasteiger partial charge in [0.05, 0.1) is 18.5 Å². The van der Waals surface area contributed by atoms with E-state index < -0.39 is 17.9 Å². The molecule has 1 aromatic rings. The zero-order valence-corrected chi connectivity index (χ0v) is 8.91. The average Bonchev–Trinajstić information content (AvgIpc) is 2.60. The lowest BCUT2D eigenvalue weighted by Crippen LogP contribution is -2.19. The third-order valence-electron chi connectivity index (χ3n) is 2.29. The maximum atomic E-state index is 12.8. The van der Waals surface area contributed by atoms with Crippen molar-refractivity contribution in [3.05, 3.63) is 11.4 Å². The normalized spacial score (nSPS) is 13.5. The van der Waals surface area contributed by atoms with Gasteiger partial charge in [-0.05, 0) is 13.3 Å². The van der Waals surface area contributed by atoms with E-state index in [0.717, 1.165) is 4.68 Å². The fourth-order valence-corrected chi connectivity index (χ4v) is 1.30. The molecule has 1 heterocycles. The Morgan fingerprint density at radius 3 is 2.56 bits per heavy atom. The molecular formula is C9H11F3N4. The molecule has 1 aromatic heterocycles. The molecule has 0 aliphatic rings. The molecule has 0 radical (unpaired) electrons. The summed E-state index contributed by atoms with van der Waals surface area (Å²) in [6.45, 7) is 3.39. The van der Waals surface area contributed by atoms with Crippen molar-refractivity contribution < 1.29 is 13.2 Å². The fraction of sp³-hybridized carbons (Fsp3) is 0.667. The third-order valence-corrected chi connectivity index (χ3v) is 2.29. The Balaban J connectivity index is 3.26. The lowest BCUT2D eigenvalue weighted by Gasteiger charge is -2.14. The molecule has 0 aromatic carbocycles. The van der Waals surface area contributed by atoms with Crippen LogP contribution in [0.15, 0.2) is 0 Å². The summed E-state index contributed by atoms with van der Waals surface area (Å²) in [6, 6.07) is 1.26. The molecular weight excluding hydrogens is 221 g/mol. The van der Waals surface area contributed by atoms with Crippen LogP contribution in [0, 0.1) is 11.3 Å². The molecule has 88 valence electrons. The third kappa shape index (κ3) is 2.32. The van der Waals surface area contributed by atoms with E-state index in [9.17, 15) is 13.2 Å². The molecule has 0 aliphatic heterocycles. The summed E-state index contributed by atoms with van der Waals surface area (Å²) in [5, 5.41) is 15.3. The van der Waals surface area contributed by atoms with Crippen LogP contribution in [0.5, 0.6) is 0 Å². The van der Waals surface area contributed by atoms with Gasteiger partial charge in [-0.2, -0.15) is 18.4 Å². The van der Waals surface area contributed by atoms with Gasteiger partial charge in [0, 0.05) is 0 Å². The first kappa shape index (κ1) is 12.5. The Morgan fingerprint density at radius 2 is 2.12 bits per heavy atom. The number of alkyl halides is 3. The van der Waals surface area contributed by atoms with Crippen LogP contribution in [0.25, 0.3) is 0 Å². The van der Waals surface area contributed by atoms with Gasteiger partial charge in [-0.1, -0.05) is 12.1 Å². The van der Waals surface area contributed by atoms with E-state index in [2.05, 4.69) is 10.3 Å². The minimum Gasteiger partial charge on any atom is -0.237 e. The lowest BCUT2D eigenvalue weighted by atomic mass is 10.2. The van der Waals surface area contributed by atoms with Crippen molar-refractivity contribution in [3.8, 4) is 6.07 Å². The fourth-order valence-electron chi connectivity index (χ4n) is 1.30. The molecule has 1 atom stereocenters. The summed E-state index contributed by atoms with van der Waals surface area (Å²) in [7, 11) is 0. The van der Waals surface area contributed by atoms with Gasteiger partial charge in [-0.25, -0.2) is 4.68 Å². The first-order valence-corrected chi connectivity index (χ1v) is 4.80. The van der Waals surface area contributed by atoms with Gasteiger partial charge in [0.15, 0.2) is 5.69 Å². The van der Waals surface area contributed by atoms with Crippen LogP contribution in [0.4, 0.5) is 13.2 Å². The summed E-state index contributed by atoms with van der Waals surface area (Å²) in [4.78, 5) is 0. The van der Waals surface area contributed by atoms with Gasteiger partial charge in [-0.3, -0.25) is 0 Å². The van der Waals surface area contributed by atoms with Crippen LogP contribution in [0.1, 0.15) is 37.7 Å². The van der Waals surface area contributed by atoms with E-state index >= 15 is 0 Å². The summed E-state index contributed by atoms with van der Waals surface area (Å²) >= 11 is 0. The number of rotatable bonds is 3. The number of halogens is 3. The molecule has 0 fully saturated rings. The highest BCUT2D eigenvalue weighted by atomic mass is 19.4. The van der Waals surface area contributed by atoms with Crippen LogP contribution < -0.4 is 0 Å². The number of hydrogen-bond donors (Lipinski definition) is 0. The molecule has 0 N–H and O–H groups in total. The largest absolute Gasteiger partial charge is 0.434 e. The molecule has 0 spiro atoms. The van der Waals surface area contributed by atoms with Crippen LogP contribution >= 0.6 is 0 Å². The summed E-state index contributed by atoms with van der Waals surface area (Å²) in [5.74, 6) is 0. The highest BCUT2D eigenvalue weighted by molar-refractivity contribution is 5.18. The zero-order valence-electron chi connectivity index (χ0n) is 8.91. The predicted octanol–water partition coefficient (Wildman–Crippen LogP) is 2.33. The summed E-state index contributed by atoms with van der Waals surface area (Å²) < 4.78 is 39.1. The number of hydrogen-bond acceptors (Lipinski definition) is 3. The van der Waals surface area contributed by atoms with E-state index in [1.165, 1.54) is 0 Å². The molecule has 16 heavy (non-hydrogen) atoms. The summed E-state index contributed by atoms with van der Waals surface area (Å²) in [6.07, 6.45) is -4.40. The number of nitrogens with zero attached hydrogens (tertiary/aromatic N) is 4. The lowest BCUT2D eigenvalue weighted by molar-refractivity contribution is -0.145. The first-order chi connectivity index (χ1) is 7.41. The second-order valence-electron chi connectivity index (χ2n) is 3.42. The second kappa shape index (κ2) is 4.51. The highest BCUT2D eigenvalue weighted by Crippen LogP contribution is 2.33. The SMILES string of the molecule is CCC(C)n1nnc(CC#N)c1C(F)(F)F. The predicted molar refractivity (Wildman–Crippen MR) is 49.3 cm³/mol. The molecule has 0 saturated heterocycles. The molecule has 0 amide bonds. The Labute approximate surface area is 90.7 Å². The summed E-state index contributed by atoms with van der Waals surface area (Å²) in [5.41, 5.74) is -1.22. The minimum absolute atomic E-state index is 0.310. The maximum absolute atomic E-state index is 12.8. The number of aromatic nitrogens is 3. The van der Waals surface area contributed by atoms with E-state index in [1.54, 1.807) is 19.9 Å². The molecule has 7 heteroatoms. The molecule has 0 aliphatic carbocycles. The minimum atomic E-state index is -4.53. The van der Waals surface area contributed by atoms with Crippen molar-refractivity contribution in [3.63, 3.8) is 0 Å². The van der Waals surface area contributed by atoms with Gasteiger partial charge < -0.3 is 0 Å². The van der Waals surface area contributed by atoms with Crippen LogP contribution in [-0.2, 0) is 12.6 Å². The zero-order chi connectivity index (χ0) is 12.3. The van der Waals surface area contributed by atoms with E-state index in [0.29, 0.717) is 6.42 Å². The van der Waals surface area contributed by atoms with Gasteiger partial charge in [0.25, 0.3) is 0 Å². The molecule has 4 nitrogen and oxygen atoms in total. The highest BCUT2D eigenvalue weighted by Gasteiger charge is 2.39. The quantitative estimate of drug-likeness (QED) is 0.803. The molecule has 1 rings (SSSR count). The first-order valence-electron chi connectivity index (χ1n) is 4.80. The van der Waals surface area contributed by atoms with Gasteiger partial charge in [-0.15, -0.1) is 5.10 Å². The van der Waals surface area contributed by atoms with Crippen molar-refractivity contribution in [2.45, 2.75) is 38.9 Å². The van der Waals surface area contributed by atoms with Crippen molar-refractivity contribution in [2.75, 3.05) is 0 Å². The van der Waals surface area contributed by atoms with Gasteiger partial charge >= 0.3 is 6.18 Å². The molecule has 0 saturated carbocycles. The van der Waals surface area contributed by atoms with Gasteiger partial charge in [0.1, 0.15) is 5.69 Å². The Hall–Kier alpha value is -1.58. The monoisotopic (exact) mass is 232 g/mol. The van der Waals surface area contributed by atoms with Crippen LogP contribution in [-0.4, -0.2) is 15.0 Å². The smallest absolute Gasteiger partial charge is 0.237 e. The standard InChI is InChI=1S/C9H11F3N4/c1-3-6(2)16-8(9(10,11)12)7(4-5-13)14-15-16/h6H,3-4H2,1-2H3. The molecule has 1 unspecified atom stereocenters. The number of nitriles is 1. The van der Waals surface area contributed by atoms with Gasteiger partial charge in [0.2, 0.25) is 0 Å². The Bertz CT molecular complexity index is 402. The Morgan fingerprint density at radius 1 is 1.50 bits per heavy atom. The van der Waals surface area contributed by atoms with Crippen LogP contribution in [0.3, 0.4) is 0 Å². The van der Waals surface area contributed by atoms with E-state index in [1.807, 2.05) is 0 Å². The van der Waals surface area contributed by atoms with E-state index in [4.69, 9.17) is 5.26 Å². The maximum Gasteiger partial charge on any atom is 0.434 e. The second-order valence-corrected chi connectivity index (χ2v) is 3.42. The molecule has 0 bridgehead atoms. The Kier molecular flexibility index (Phi) is 3.52. The average molecular weight is 232 g/mol. The van der Waals surface area contributed by atoms with Crippen molar-refractivity contribution in [1.29, 1.82) is 5.26 Å².